The monoisotopic (exact) mass is 517 g/mol. The van der Waals surface area contributed by atoms with Gasteiger partial charge in [-0.05, 0) is 75.2 Å². The number of aromatic nitrogens is 1. The molecule has 1 aromatic heterocycles. The Hall–Kier alpha value is -3.01. The molecular weight excluding hydrogens is 485 g/mol. The number of ether oxygens (including phenoxy) is 2. The second-order valence-electron chi connectivity index (χ2n) is 9.04. The molecule has 2 aromatic rings. The van der Waals surface area contributed by atoms with E-state index in [4.69, 9.17) is 9.47 Å². The van der Waals surface area contributed by atoms with Crippen LogP contribution in [0.3, 0.4) is 0 Å². The zero-order valence-electron chi connectivity index (χ0n) is 20.3. The largest absolute Gasteiger partial charge is 0.508 e. The number of nitrogens with zero attached hydrogens (tertiary/aromatic N) is 1. The van der Waals surface area contributed by atoms with E-state index in [1.807, 2.05) is 18.7 Å². The summed E-state index contributed by atoms with van der Waals surface area (Å²) in [5, 5.41) is 15.7. The number of aromatic hydroxyl groups is 1. The van der Waals surface area contributed by atoms with Gasteiger partial charge in [0.1, 0.15) is 29.0 Å². The molecule has 1 saturated carbocycles. The van der Waals surface area contributed by atoms with Crippen molar-refractivity contribution >= 4 is 23.6 Å². The summed E-state index contributed by atoms with van der Waals surface area (Å²) < 4.78 is 25.4. The number of hydrogen-bond acceptors (Lipinski definition) is 7. The van der Waals surface area contributed by atoms with Gasteiger partial charge in [-0.3, -0.25) is 9.59 Å². The molecule has 0 bridgehead atoms. The molecule has 2 aliphatic rings. The number of carbonyl (C=O) groups excluding carboxylic acids is 2. The standard InChI is InChI=1S/C26H32FN3O5S/c1-2-34-23-14-19(31)7-8-21(23)24(32)29-17-3-5-18(6-4-17)30-25(33)22-13-16(27)15-28-26(22)35-20-9-11-36-12-10-20/h7-8,13-15,17-18,20,31H,2-6,9-12H2,1H3,(H,29,32)(H,30,33)/t17-,18+. The molecule has 36 heavy (non-hydrogen) atoms. The summed E-state index contributed by atoms with van der Waals surface area (Å²) >= 11 is 1.87. The lowest BCUT2D eigenvalue weighted by Gasteiger charge is -2.30. The molecule has 3 N–H and O–H groups in total. The Bertz CT molecular complexity index is 1070. The third-order valence-electron chi connectivity index (χ3n) is 6.42. The van der Waals surface area contributed by atoms with Crippen molar-refractivity contribution in [3.8, 4) is 17.4 Å². The predicted molar refractivity (Wildman–Crippen MR) is 135 cm³/mol. The number of pyridine rings is 1. The topological polar surface area (TPSA) is 110 Å². The van der Waals surface area contributed by atoms with Gasteiger partial charge in [0.05, 0.1) is 18.4 Å². The first-order valence-corrected chi connectivity index (χ1v) is 13.6. The molecule has 2 fully saturated rings. The molecule has 1 saturated heterocycles. The Labute approximate surface area is 214 Å². The number of halogens is 1. The fraction of sp³-hybridized carbons (Fsp3) is 0.500. The Balaban J connectivity index is 1.31. The fourth-order valence-electron chi connectivity index (χ4n) is 4.52. The quantitative estimate of drug-likeness (QED) is 0.484. The van der Waals surface area contributed by atoms with Crippen molar-refractivity contribution in [2.75, 3.05) is 18.1 Å². The van der Waals surface area contributed by atoms with Crippen LogP contribution >= 0.6 is 11.8 Å². The third kappa shape index (κ3) is 6.81. The lowest BCUT2D eigenvalue weighted by atomic mass is 9.90. The van der Waals surface area contributed by atoms with Gasteiger partial charge in [0.2, 0.25) is 5.88 Å². The minimum absolute atomic E-state index is 0.0216. The van der Waals surface area contributed by atoms with Crippen LogP contribution in [-0.4, -0.2) is 58.2 Å². The van der Waals surface area contributed by atoms with E-state index in [1.54, 1.807) is 6.07 Å². The maximum absolute atomic E-state index is 13.9. The van der Waals surface area contributed by atoms with Crippen LogP contribution in [-0.2, 0) is 0 Å². The molecule has 1 aliphatic carbocycles. The van der Waals surface area contributed by atoms with Gasteiger partial charge in [0, 0.05) is 18.2 Å². The molecule has 2 amide bonds. The Morgan fingerprint density at radius 3 is 2.31 bits per heavy atom. The van der Waals surface area contributed by atoms with Crippen LogP contribution in [0.4, 0.5) is 4.39 Å². The minimum atomic E-state index is -0.584. The van der Waals surface area contributed by atoms with E-state index in [1.165, 1.54) is 18.2 Å². The molecule has 0 atom stereocenters. The molecule has 2 heterocycles. The van der Waals surface area contributed by atoms with Gasteiger partial charge in [-0.2, -0.15) is 11.8 Å². The van der Waals surface area contributed by atoms with E-state index in [0.717, 1.165) is 30.5 Å². The van der Waals surface area contributed by atoms with Gasteiger partial charge in [-0.1, -0.05) is 0 Å². The molecule has 10 heteroatoms. The summed E-state index contributed by atoms with van der Waals surface area (Å²) in [6.07, 6.45) is 5.50. The van der Waals surface area contributed by atoms with Crippen molar-refractivity contribution in [2.45, 2.75) is 63.6 Å². The maximum Gasteiger partial charge on any atom is 0.257 e. The van der Waals surface area contributed by atoms with Crippen LogP contribution in [0.2, 0.25) is 0 Å². The van der Waals surface area contributed by atoms with Gasteiger partial charge >= 0.3 is 0 Å². The van der Waals surface area contributed by atoms with Gasteiger partial charge in [-0.25, -0.2) is 9.37 Å². The molecule has 0 unspecified atom stereocenters. The summed E-state index contributed by atoms with van der Waals surface area (Å²) in [6.45, 7) is 2.19. The van der Waals surface area contributed by atoms with E-state index < -0.39 is 11.7 Å². The Kier molecular flexibility index (Phi) is 8.90. The third-order valence-corrected chi connectivity index (χ3v) is 7.47. The Morgan fingerprint density at radius 1 is 1.03 bits per heavy atom. The average Bonchev–Trinajstić information content (AvgIpc) is 2.87. The number of nitrogens with one attached hydrogen (secondary N) is 2. The smallest absolute Gasteiger partial charge is 0.257 e. The summed E-state index contributed by atoms with van der Waals surface area (Å²) in [5.74, 6) is 1.28. The van der Waals surface area contributed by atoms with Gasteiger partial charge in [0.25, 0.3) is 11.8 Å². The molecular formula is C26H32FN3O5S. The highest BCUT2D eigenvalue weighted by molar-refractivity contribution is 7.99. The second kappa shape index (κ2) is 12.3. The number of carbonyl (C=O) groups is 2. The molecule has 4 rings (SSSR count). The average molecular weight is 518 g/mol. The minimum Gasteiger partial charge on any atom is -0.508 e. The first-order valence-electron chi connectivity index (χ1n) is 12.4. The zero-order chi connectivity index (χ0) is 25.5. The molecule has 1 aromatic carbocycles. The van der Waals surface area contributed by atoms with E-state index in [-0.39, 0.29) is 41.3 Å². The van der Waals surface area contributed by atoms with Crippen molar-refractivity contribution < 1.29 is 28.6 Å². The van der Waals surface area contributed by atoms with E-state index >= 15 is 0 Å². The molecule has 194 valence electrons. The lowest BCUT2D eigenvalue weighted by Crippen LogP contribution is -2.44. The number of thioether (sulfide) groups is 1. The highest BCUT2D eigenvalue weighted by atomic mass is 32.2. The summed E-state index contributed by atoms with van der Waals surface area (Å²) in [6, 6.07) is 5.45. The van der Waals surface area contributed by atoms with Gasteiger partial charge < -0.3 is 25.2 Å². The summed E-state index contributed by atoms with van der Waals surface area (Å²) in [4.78, 5) is 29.8. The zero-order valence-corrected chi connectivity index (χ0v) is 21.1. The van der Waals surface area contributed by atoms with Crippen LogP contribution in [0.1, 0.15) is 66.2 Å². The predicted octanol–water partition coefficient (Wildman–Crippen LogP) is 4.07. The van der Waals surface area contributed by atoms with Crippen molar-refractivity contribution in [1.29, 1.82) is 0 Å². The van der Waals surface area contributed by atoms with Crippen molar-refractivity contribution in [3.05, 3.63) is 47.4 Å². The number of benzene rings is 1. The van der Waals surface area contributed by atoms with Crippen LogP contribution in [0.15, 0.2) is 30.5 Å². The van der Waals surface area contributed by atoms with Crippen LogP contribution in [0.5, 0.6) is 17.4 Å². The summed E-state index contributed by atoms with van der Waals surface area (Å²) in [7, 11) is 0. The number of phenolic OH excluding ortho intramolecular Hbond substituents is 1. The van der Waals surface area contributed by atoms with E-state index in [0.29, 0.717) is 43.6 Å². The van der Waals surface area contributed by atoms with Crippen molar-refractivity contribution in [3.63, 3.8) is 0 Å². The van der Waals surface area contributed by atoms with E-state index in [2.05, 4.69) is 15.6 Å². The van der Waals surface area contributed by atoms with Gasteiger partial charge in [-0.15, -0.1) is 0 Å². The molecule has 1 aliphatic heterocycles. The first kappa shape index (κ1) is 26.1. The normalized spacial score (nSPS) is 20.4. The van der Waals surface area contributed by atoms with Crippen LogP contribution in [0.25, 0.3) is 0 Å². The van der Waals surface area contributed by atoms with E-state index in [9.17, 15) is 19.1 Å². The second-order valence-corrected chi connectivity index (χ2v) is 10.3. The van der Waals surface area contributed by atoms with Crippen LogP contribution < -0.4 is 20.1 Å². The SMILES string of the molecule is CCOc1cc(O)ccc1C(=O)N[C@H]1CC[C@@H](NC(=O)c2cc(F)cnc2OC2CCSCC2)CC1. The van der Waals surface area contributed by atoms with Gasteiger partial charge in [0.15, 0.2) is 0 Å². The molecule has 0 spiro atoms. The fourth-order valence-corrected chi connectivity index (χ4v) is 5.58. The summed E-state index contributed by atoms with van der Waals surface area (Å²) in [5.41, 5.74) is 0.479. The molecule has 0 radical (unpaired) electrons. The first-order chi connectivity index (χ1) is 17.4. The molecule has 8 nitrogen and oxygen atoms in total. The maximum atomic E-state index is 13.9. The van der Waals surface area contributed by atoms with Crippen molar-refractivity contribution in [2.24, 2.45) is 0 Å². The number of rotatable bonds is 8. The number of amides is 2. The lowest BCUT2D eigenvalue weighted by molar-refractivity contribution is 0.0884. The number of phenols is 1. The van der Waals surface area contributed by atoms with Crippen molar-refractivity contribution in [1.82, 2.24) is 15.6 Å². The number of hydrogen-bond donors (Lipinski definition) is 3. The Morgan fingerprint density at radius 2 is 1.67 bits per heavy atom. The highest BCUT2D eigenvalue weighted by Gasteiger charge is 2.27. The van der Waals surface area contributed by atoms with Crippen LogP contribution in [0, 0.1) is 5.82 Å². The highest BCUT2D eigenvalue weighted by Crippen LogP contribution is 2.27.